The molecule has 5 rings (SSSR count). The molecular weight excluding hydrogens is 544 g/mol. The van der Waals surface area contributed by atoms with Gasteiger partial charge in [-0.05, 0) is 42.8 Å². The molecule has 0 radical (unpaired) electrons. The minimum absolute atomic E-state index is 0.0240. The third-order valence-corrected chi connectivity index (χ3v) is 6.91. The van der Waals surface area contributed by atoms with E-state index >= 15 is 0 Å². The van der Waals surface area contributed by atoms with Crippen molar-refractivity contribution in [3.63, 3.8) is 0 Å². The van der Waals surface area contributed by atoms with Crippen LogP contribution in [-0.2, 0) is 11.3 Å². The Balaban J connectivity index is 1.39. The molecule has 1 saturated heterocycles. The number of halogens is 4. The number of benzene rings is 2. The number of amides is 2. The summed E-state index contributed by atoms with van der Waals surface area (Å²) in [6.07, 6.45) is -0.433. The summed E-state index contributed by atoms with van der Waals surface area (Å²) in [5.41, 5.74) is 1.05. The molecule has 1 unspecified atom stereocenters. The van der Waals surface area contributed by atoms with E-state index in [0.717, 1.165) is 11.0 Å². The molecule has 1 fully saturated rings. The average molecular weight is 571 g/mol. The van der Waals surface area contributed by atoms with Crippen LogP contribution in [0.4, 0.5) is 23.4 Å². The maximum absolute atomic E-state index is 14.9. The van der Waals surface area contributed by atoms with E-state index in [1.807, 2.05) is 0 Å². The van der Waals surface area contributed by atoms with Crippen LogP contribution in [0.25, 0.3) is 16.9 Å². The number of rotatable bonds is 7. The molecule has 214 valence electrons. The summed E-state index contributed by atoms with van der Waals surface area (Å²) in [5, 5.41) is 20.2. The summed E-state index contributed by atoms with van der Waals surface area (Å²) < 4.78 is 58.6. The number of alkyl halides is 2. The first-order valence-corrected chi connectivity index (χ1v) is 12.7. The highest BCUT2D eigenvalue weighted by molar-refractivity contribution is 5.97. The lowest BCUT2D eigenvalue weighted by Crippen LogP contribution is -2.31. The predicted octanol–water partition coefficient (Wildman–Crippen LogP) is 4.20. The Kier molecular flexibility index (Phi) is 7.49. The van der Waals surface area contributed by atoms with E-state index in [-0.39, 0.29) is 52.6 Å². The zero-order valence-corrected chi connectivity index (χ0v) is 22.1. The van der Waals surface area contributed by atoms with Gasteiger partial charge in [-0.3, -0.25) is 14.5 Å². The molecule has 2 amide bonds. The highest BCUT2D eigenvalue weighted by Crippen LogP contribution is 2.34. The number of aliphatic hydroxyl groups is 1. The van der Waals surface area contributed by atoms with Crippen molar-refractivity contribution in [1.29, 1.82) is 0 Å². The van der Waals surface area contributed by atoms with E-state index in [1.165, 1.54) is 48.8 Å². The Morgan fingerprint density at radius 1 is 1.15 bits per heavy atom. The summed E-state index contributed by atoms with van der Waals surface area (Å²) in [6.45, 7) is 1.64. The molecule has 0 aliphatic carbocycles. The summed E-state index contributed by atoms with van der Waals surface area (Å²) in [4.78, 5) is 29.9. The number of aromatic nitrogens is 3. The second-order valence-corrected chi connectivity index (χ2v) is 9.90. The highest BCUT2D eigenvalue weighted by atomic mass is 19.3. The van der Waals surface area contributed by atoms with Crippen molar-refractivity contribution in [2.24, 2.45) is 0 Å². The normalized spacial score (nSPS) is 15.7. The number of imidazole rings is 1. The minimum atomic E-state index is -2.96. The van der Waals surface area contributed by atoms with E-state index in [9.17, 15) is 32.3 Å². The molecule has 1 atom stereocenters. The van der Waals surface area contributed by atoms with Crippen LogP contribution < -0.4 is 10.6 Å². The van der Waals surface area contributed by atoms with Crippen LogP contribution in [0.15, 0.2) is 48.7 Å². The highest BCUT2D eigenvalue weighted by Gasteiger charge is 2.41. The number of aliphatic hydroxyl groups excluding tert-OH is 1. The Bertz CT molecular complexity index is 1660. The molecule has 1 aliphatic rings. The molecule has 9 nitrogen and oxygen atoms in total. The molecule has 2 aromatic heterocycles. The Hall–Kier alpha value is -4.36. The summed E-state index contributed by atoms with van der Waals surface area (Å²) in [5.74, 6) is -5.10. The van der Waals surface area contributed by atoms with E-state index in [0.29, 0.717) is 11.3 Å². The van der Waals surface area contributed by atoms with Crippen LogP contribution in [-0.4, -0.2) is 55.4 Å². The van der Waals surface area contributed by atoms with Gasteiger partial charge in [-0.15, -0.1) is 0 Å². The Morgan fingerprint density at radius 2 is 1.93 bits per heavy atom. The zero-order valence-electron chi connectivity index (χ0n) is 22.1. The molecule has 3 heterocycles. The van der Waals surface area contributed by atoms with Crippen molar-refractivity contribution in [3.8, 4) is 11.3 Å². The molecule has 13 heteroatoms. The van der Waals surface area contributed by atoms with Crippen LogP contribution in [0, 0.1) is 18.6 Å². The third kappa shape index (κ3) is 5.91. The monoisotopic (exact) mass is 570 g/mol. The van der Waals surface area contributed by atoms with Crippen molar-refractivity contribution in [2.75, 3.05) is 18.4 Å². The Morgan fingerprint density at radius 3 is 2.63 bits per heavy atom. The van der Waals surface area contributed by atoms with Crippen molar-refractivity contribution < 1.29 is 32.3 Å². The largest absolute Gasteiger partial charge is 0.374 e. The van der Waals surface area contributed by atoms with Crippen molar-refractivity contribution in [3.05, 3.63) is 82.5 Å². The smallest absolute Gasteiger partial charge is 0.261 e. The van der Waals surface area contributed by atoms with Gasteiger partial charge in [0.15, 0.2) is 11.5 Å². The van der Waals surface area contributed by atoms with E-state index in [2.05, 4.69) is 20.7 Å². The predicted molar refractivity (Wildman–Crippen MR) is 141 cm³/mol. The maximum Gasteiger partial charge on any atom is 0.261 e. The molecule has 4 aromatic rings. The van der Waals surface area contributed by atoms with Gasteiger partial charge < -0.3 is 15.7 Å². The van der Waals surface area contributed by atoms with Crippen molar-refractivity contribution in [1.82, 2.24) is 24.8 Å². The molecular formula is C28H26F4N6O3. The number of anilines is 1. The van der Waals surface area contributed by atoms with Crippen LogP contribution >= 0.6 is 0 Å². The second kappa shape index (κ2) is 10.9. The van der Waals surface area contributed by atoms with Gasteiger partial charge in [0.05, 0.1) is 18.4 Å². The lowest BCUT2D eigenvalue weighted by atomic mass is 10.0. The van der Waals surface area contributed by atoms with Crippen molar-refractivity contribution in [2.45, 2.75) is 39.0 Å². The van der Waals surface area contributed by atoms with Gasteiger partial charge in [0.25, 0.3) is 11.8 Å². The van der Waals surface area contributed by atoms with Gasteiger partial charge in [-0.2, -0.15) is 5.10 Å². The summed E-state index contributed by atoms with van der Waals surface area (Å²) in [7, 11) is 0. The number of nitrogens with one attached hydrogen (secondary N) is 2. The van der Waals surface area contributed by atoms with Crippen LogP contribution in [0.1, 0.15) is 46.6 Å². The minimum Gasteiger partial charge on any atom is -0.374 e. The van der Waals surface area contributed by atoms with E-state index in [1.54, 1.807) is 12.1 Å². The first-order valence-electron chi connectivity index (χ1n) is 12.7. The van der Waals surface area contributed by atoms with Gasteiger partial charge in [0, 0.05) is 48.7 Å². The zero-order chi connectivity index (χ0) is 29.5. The number of hydrogen-bond acceptors (Lipinski definition) is 6. The first-order chi connectivity index (χ1) is 19.4. The number of nitrogens with zero attached hydrogens (tertiary/aromatic N) is 4. The molecule has 1 aliphatic heterocycles. The fourth-order valence-corrected chi connectivity index (χ4v) is 4.77. The van der Waals surface area contributed by atoms with Gasteiger partial charge in [0.2, 0.25) is 5.91 Å². The number of hydrogen-bond donors (Lipinski definition) is 3. The summed E-state index contributed by atoms with van der Waals surface area (Å²) >= 11 is 0. The number of likely N-dealkylation sites (tertiary alicyclic amines) is 1. The molecule has 2 aromatic carbocycles. The molecule has 0 spiro atoms. The van der Waals surface area contributed by atoms with Gasteiger partial charge in [-0.1, -0.05) is 12.1 Å². The Labute approximate surface area is 231 Å². The van der Waals surface area contributed by atoms with Crippen molar-refractivity contribution >= 4 is 23.3 Å². The molecule has 3 N–H and O–H groups in total. The lowest BCUT2D eigenvalue weighted by molar-refractivity contribution is -0.114. The van der Waals surface area contributed by atoms with E-state index < -0.39 is 42.7 Å². The van der Waals surface area contributed by atoms with Crippen LogP contribution in [0.3, 0.4) is 0 Å². The number of fused-ring (bicyclic) bond motifs is 1. The molecule has 0 saturated carbocycles. The quantitative estimate of drug-likeness (QED) is 0.287. The van der Waals surface area contributed by atoms with E-state index in [4.69, 9.17) is 0 Å². The number of carbonyl (C=O) groups is 2. The average Bonchev–Trinajstić information content (AvgIpc) is 3.49. The lowest BCUT2D eigenvalue weighted by Gasteiger charge is -2.25. The SMILES string of the molecule is CC(=O)Nc1cn2nc(-c3cc(F)c(C)c(C(=O)NCc4c(F)cccc4C(O)N4CCC(F)(F)C4)c3)ccc2n1. The third-order valence-electron chi connectivity index (χ3n) is 6.91. The molecule has 41 heavy (non-hydrogen) atoms. The standard InChI is InChI=1S/C28H26F4N6O3/c1-15-19(10-17(11-22(15)30)23-6-7-25-35-24(34-16(2)39)13-38(25)36-23)26(40)33-12-20-18(4-3-5-21(20)29)27(41)37-9-8-28(31,32)14-37/h3-7,10-11,13,27,41H,8-9,12,14H2,1-2H3,(H,33,40)(H,34,39). The fourth-order valence-electron chi connectivity index (χ4n) is 4.77. The van der Waals surface area contributed by atoms with Gasteiger partial charge >= 0.3 is 0 Å². The van der Waals surface area contributed by atoms with Gasteiger partial charge in [-0.25, -0.2) is 27.1 Å². The van der Waals surface area contributed by atoms with Gasteiger partial charge in [0.1, 0.15) is 17.9 Å². The van der Waals surface area contributed by atoms with Crippen LogP contribution in [0.2, 0.25) is 0 Å². The second-order valence-electron chi connectivity index (χ2n) is 9.90. The van der Waals surface area contributed by atoms with Crippen LogP contribution in [0.5, 0.6) is 0 Å². The maximum atomic E-state index is 14.9. The fraction of sp³-hybridized carbons (Fsp3) is 0.286. The topological polar surface area (TPSA) is 112 Å². The first kappa shape index (κ1) is 28.2. The number of carbonyl (C=O) groups excluding carboxylic acids is 2. The summed E-state index contributed by atoms with van der Waals surface area (Å²) in [6, 6.07) is 9.76. The molecule has 0 bridgehead atoms.